The van der Waals surface area contributed by atoms with Gasteiger partial charge in [0.25, 0.3) is 5.69 Å². The molecule has 1 aromatic heterocycles. The third-order valence-corrected chi connectivity index (χ3v) is 6.02. The number of nitro groups is 1. The fraction of sp³-hybridized carbons (Fsp3) is 0.391. The number of hydrogen-bond acceptors (Lipinski definition) is 6. The lowest BCUT2D eigenvalue weighted by atomic mass is 10.1. The van der Waals surface area contributed by atoms with Crippen molar-refractivity contribution in [1.29, 1.82) is 0 Å². The average molecular weight is 438 g/mol. The number of aromatic nitrogens is 1. The molecule has 9 nitrogen and oxygen atoms in total. The van der Waals surface area contributed by atoms with Crippen LogP contribution < -0.4 is 5.76 Å². The second-order valence-corrected chi connectivity index (χ2v) is 8.12. The van der Waals surface area contributed by atoms with Gasteiger partial charge in [0.05, 0.1) is 16.5 Å². The quantitative estimate of drug-likeness (QED) is 0.415. The summed E-state index contributed by atoms with van der Waals surface area (Å²) in [6, 6.07) is 12.5. The highest BCUT2D eigenvalue weighted by atomic mass is 16.6. The average Bonchev–Trinajstić information content (AvgIpc) is 3.10. The van der Waals surface area contributed by atoms with Crippen molar-refractivity contribution in [3.05, 3.63) is 74.3 Å². The molecular weight excluding hydrogens is 412 g/mol. The van der Waals surface area contributed by atoms with Crippen molar-refractivity contribution in [3.63, 3.8) is 0 Å². The highest BCUT2D eigenvalue weighted by Gasteiger charge is 2.21. The van der Waals surface area contributed by atoms with Gasteiger partial charge in [-0.3, -0.25) is 24.4 Å². The Hall–Kier alpha value is -3.46. The Labute approximate surface area is 185 Å². The van der Waals surface area contributed by atoms with E-state index in [9.17, 15) is 19.7 Å². The Balaban J connectivity index is 1.28. The van der Waals surface area contributed by atoms with Gasteiger partial charge in [0.2, 0.25) is 5.91 Å². The number of rotatable bonds is 7. The summed E-state index contributed by atoms with van der Waals surface area (Å²) in [6.07, 6.45) is 0.831. The predicted octanol–water partition coefficient (Wildman–Crippen LogP) is 2.94. The summed E-state index contributed by atoms with van der Waals surface area (Å²) in [6.45, 7) is 6.40. The van der Waals surface area contributed by atoms with Crippen LogP contribution in [0.4, 0.5) is 5.69 Å². The van der Waals surface area contributed by atoms with E-state index < -0.39 is 10.7 Å². The minimum absolute atomic E-state index is 0.0806. The number of aryl methyl sites for hydroxylation is 2. The normalized spacial score (nSPS) is 14.7. The molecule has 168 valence electrons. The number of nitro benzene ring substituents is 1. The Morgan fingerprint density at radius 3 is 2.59 bits per heavy atom. The SMILES string of the molecule is Cc1ccccc1CN1CCN(C(=O)CCCn2c(=O)oc3cc([N+](=O)[O-])ccc32)CC1. The van der Waals surface area contributed by atoms with Crippen LogP contribution >= 0.6 is 0 Å². The van der Waals surface area contributed by atoms with E-state index in [0.29, 0.717) is 38.0 Å². The molecule has 0 aliphatic carbocycles. The van der Waals surface area contributed by atoms with Crippen molar-refractivity contribution in [2.75, 3.05) is 26.2 Å². The summed E-state index contributed by atoms with van der Waals surface area (Å²) in [5.41, 5.74) is 3.14. The molecule has 0 N–H and O–H groups in total. The third kappa shape index (κ3) is 4.72. The molecule has 9 heteroatoms. The minimum atomic E-state index is -0.572. The van der Waals surface area contributed by atoms with E-state index in [0.717, 1.165) is 19.6 Å². The van der Waals surface area contributed by atoms with E-state index >= 15 is 0 Å². The second-order valence-electron chi connectivity index (χ2n) is 8.12. The lowest BCUT2D eigenvalue weighted by molar-refractivity contribution is -0.384. The van der Waals surface area contributed by atoms with E-state index in [1.54, 1.807) is 0 Å². The zero-order chi connectivity index (χ0) is 22.7. The molecule has 0 unspecified atom stereocenters. The van der Waals surface area contributed by atoms with Crippen molar-refractivity contribution >= 4 is 22.7 Å². The number of carbonyl (C=O) groups excluding carboxylic acids is 1. The van der Waals surface area contributed by atoms with Crippen LogP contribution in [0.5, 0.6) is 0 Å². The summed E-state index contributed by atoms with van der Waals surface area (Å²) >= 11 is 0. The van der Waals surface area contributed by atoms with Crippen molar-refractivity contribution in [2.45, 2.75) is 32.9 Å². The maximum absolute atomic E-state index is 12.6. The maximum atomic E-state index is 12.6. The number of benzene rings is 2. The van der Waals surface area contributed by atoms with Crippen molar-refractivity contribution in [3.8, 4) is 0 Å². The van der Waals surface area contributed by atoms with Gasteiger partial charge in [0, 0.05) is 51.8 Å². The van der Waals surface area contributed by atoms with E-state index in [1.165, 1.54) is 33.9 Å². The molecule has 2 aromatic carbocycles. The van der Waals surface area contributed by atoms with Gasteiger partial charge in [0.15, 0.2) is 5.58 Å². The number of piperazine rings is 1. The summed E-state index contributed by atoms with van der Waals surface area (Å²) in [4.78, 5) is 39.4. The molecule has 32 heavy (non-hydrogen) atoms. The first-order valence-corrected chi connectivity index (χ1v) is 10.7. The van der Waals surface area contributed by atoms with E-state index in [2.05, 4.69) is 30.0 Å². The predicted molar refractivity (Wildman–Crippen MR) is 119 cm³/mol. The van der Waals surface area contributed by atoms with Gasteiger partial charge in [-0.25, -0.2) is 4.79 Å². The molecule has 4 rings (SSSR count). The molecule has 3 aromatic rings. The first-order chi connectivity index (χ1) is 15.4. The number of oxazole rings is 1. The van der Waals surface area contributed by atoms with Crippen LogP contribution in [0, 0.1) is 17.0 Å². The fourth-order valence-corrected chi connectivity index (χ4v) is 4.11. The zero-order valence-electron chi connectivity index (χ0n) is 18.0. The number of nitrogens with zero attached hydrogens (tertiary/aromatic N) is 4. The van der Waals surface area contributed by atoms with Gasteiger partial charge in [-0.15, -0.1) is 0 Å². The Morgan fingerprint density at radius 1 is 1.12 bits per heavy atom. The molecule has 0 radical (unpaired) electrons. The summed E-state index contributed by atoms with van der Waals surface area (Å²) in [5, 5.41) is 10.9. The van der Waals surface area contributed by atoms with Gasteiger partial charge in [-0.1, -0.05) is 24.3 Å². The number of carbonyl (C=O) groups is 1. The summed E-state index contributed by atoms with van der Waals surface area (Å²) in [5.74, 6) is -0.491. The molecule has 0 atom stereocenters. The van der Waals surface area contributed by atoms with Crippen molar-refractivity contribution < 1.29 is 14.1 Å². The second kappa shape index (κ2) is 9.35. The van der Waals surface area contributed by atoms with Gasteiger partial charge < -0.3 is 9.32 Å². The molecule has 1 aliphatic rings. The Kier molecular flexibility index (Phi) is 6.36. The van der Waals surface area contributed by atoms with Crippen LogP contribution in [0.3, 0.4) is 0 Å². The van der Waals surface area contributed by atoms with Crippen LogP contribution in [-0.4, -0.2) is 51.4 Å². The van der Waals surface area contributed by atoms with Crippen LogP contribution in [-0.2, 0) is 17.9 Å². The van der Waals surface area contributed by atoms with E-state index in [4.69, 9.17) is 4.42 Å². The van der Waals surface area contributed by atoms with Crippen LogP contribution in [0.25, 0.3) is 11.1 Å². The fourth-order valence-electron chi connectivity index (χ4n) is 4.11. The maximum Gasteiger partial charge on any atom is 0.419 e. The molecule has 0 bridgehead atoms. The monoisotopic (exact) mass is 438 g/mol. The Bertz CT molecular complexity index is 1190. The molecule has 0 saturated carbocycles. The van der Waals surface area contributed by atoms with E-state index in [-0.39, 0.29) is 17.2 Å². The van der Waals surface area contributed by atoms with Crippen molar-refractivity contribution in [2.24, 2.45) is 0 Å². The lowest BCUT2D eigenvalue weighted by Crippen LogP contribution is -2.48. The van der Waals surface area contributed by atoms with E-state index in [1.807, 2.05) is 11.0 Å². The Morgan fingerprint density at radius 2 is 1.88 bits per heavy atom. The van der Waals surface area contributed by atoms with Gasteiger partial charge in [-0.05, 0) is 30.5 Å². The van der Waals surface area contributed by atoms with Crippen LogP contribution in [0.15, 0.2) is 51.7 Å². The van der Waals surface area contributed by atoms with Crippen molar-refractivity contribution in [1.82, 2.24) is 14.4 Å². The summed E-state index contributed by atoms with van der Waals surface area (Å²) < 4.78 is 6.56. The van der Waals surface area contributed by atoms with Crippen LogP contribution in [0.2, 0.25) is 0 Å². The van der Waals surface area contributed by atoms with Gasteiger partial charge >= 0.3 is 5.76 Å². The minimum Gasteiger partial charge on any atom is -0.407 e. The smallest absolute Gasteiger partial charge is 0.407 e. The molecule has 0 spiro atoms. The molecule has 1 fully saturated rings. The van der Waals surface area contributed by atoms with Gasteiger partial charge in [0.1, 0.15) is 0 Å². The molecule has 2 heterocycles. The number of hydrogen-bond donors (Lipinski definition) is 0. The zero-order valence-corrected chi connectivity index (χ0v) is 18.0. The molecule has 1 saturated heterocycles. The van der Waals surface area contributed by atoms with Gasteiger partial charge in [-0.2, -0.15) is 0 Å². The number of non-ortho nitro benzene ring substituents is 1. The highest BCUT2D eigenvalue weighted by Crippen LogP contribution is 2.20. The first kappa shape index (κ1) is 21.8. The molecule has 1 aliphatic heterocycles. The molecule has 1 amide bonds. The number of fused-ring (bicyclic) bond motifs is 1. The highest BCUT2D eigenvalue weighted by molar-refractivity contribution is 5.77. The molecular formula is C23H26N4O5. The summed E-state index contributed by atoms with van der Waals surface area (Å²) in [7, 11) is 0. The standard InChI is InChI=1S/C23H26N4O5/c1-17-5-2-3-6-18(17)16-24-11-13-25(14-12-24)22(28)7-4-10-26-20-9-8-19(27(30)31)15-21(20)32-23(26)29/h2-3,5-6,8-9,15H,4,7,10-14,16H2,1H3. The lowest BCUT2D eigenvalue weighted by Gasteiger charge is -2.35. The first-order valence-electron chi connectivity index (χ1n) is 10.7. The largest absolute Gasteiger partial charge is 0.419 e. The number of amides is 1. The topological polar surface area (TPSA) is 102 Å². The third-order valence-electron chi connectivity index (χ3n) is 6.02. The van der Waals surface area contributed by atoms with Crippen LogP contribution in [0.1, 0.15) is 24.0 Å².